The predicted octanol–water partition coefficient (Wildman–Crippen LogP) is 4.09. The summed E-state index contributed by atoms with van der Waals surface area (Å²) in [6, 6.07) is 12.1. The number of nitrogens with zero attached hydrogens (tertiary/aromatic N) is 5. The van der Waals surface area contributed by atoms with Crippen molar-refractivity contribution in [2.75, 3.05) is 30.3 Å². The van der Waals surface area contributed by atoms with E-state index in [-0.39, 0.29) is 0 Å². The first-order chi connectivity index (χ1) is 16.8. The Labute approximate surface area is 199 Å². The molecule has 1 saturated heterocycles. The monoisotopic (exact) mass is 454 g/mol. The Kier molecular flexibility index (Phi) is 5.81. The zero-order valence-electron chi connectivity index (χ0n) is 19.2. The normalized spacial score (nSPS) is 16.6. The number of hydrogen-bond acceptors (Lipinski definition) is 7. The molecule has 8 nitrogen and oxygen atoms in total. The quantitative estimate of drug-likeness (QED) is 0.369. The summed E-state index contributed by atoms with van der Waals surface area (Å²) in [6.45, 7) is 3.76. The van der Waals surface area contributed by atoms with Gasteiger partial charge in [-0.05, 0) is 74.9 Å². The lowest BCUT2D eigenvalue weighted by molar-refractivity contribution is 0.389. The average Bonchev–Trinajstić information content (AvgIpc) is 3.66. The van der Waals surface area contributed by atoms with E-state index in [4.69, 9.17) is 4.98 Å². The lowest BCUT2D eigenvalue weighted by Crippen LogP contribution is -2.31. The summed E-state index contributed by atoms with van der Waals surface area (Å²) in [4.78, 5) is 14.0. The number of aromatic nitrogens is 5. The second kappa shape index (κ2) is 9.38. The molecule has 8 heteroatoms. The Bertz CT molecular complexity index is 1240. The van der Waals surface area contributed by atoms with Gasteiger partial charge in [0.05, 0.1) is 24.1 Å². The fraction of sp³-hybridized carbons (Fsp3) is 0.385. The van der Waals surface area contributed by atoms with Gasteiger partial charge in [-0.2, -0.15) is 9.61 Å². The Morgan fingerprint density at radius 3 is 2.65 bits per heavy atom. The summed E-state index contributed by atoms with van der Waals surface area (Å²) in [6.07, 6.45) is 10.5. The van der Waals surface area contributed by atoms with E-state index in [0.29, 0.717) is 18.4 Å². The Hall–Kier alpha value is -3.52. The van der Waals surface area contributed by atoms with E-state index in [0.717, 1.165) is 53.9 Å². The van der Waals surface area contributed by atoms with Crippen LogP contribution in [0.3, 0.4) is 0 Å². The number of hydrogen-bond donors (Lipinski definition) is 3. The summed E-state index contributed by atoms with van der Waals surface area (Å²) in [5, 5.41) is 15.3. The molecular weight excluding hydrogens is 424 g/mol. The van der Waals surface area contributed by atoms with E-state index >= 15 is 0 Å². The SMILES string of the molecule is c1ccc(-c2ccc(CNc3cc(NCC4CCNCC4)nc4c(C5CC5)cnn34)nc2)nc1. The molecule has 0 aromatic carbocycles. The summed E-state index contributed by atoms with van der Waals surface area (Å²) in [7, 11) is 0. The van der Waals surface area contributed by atoms with Crippen molar-refractivity contribution in [1.29, 1.82) is 0 Å². The van der Waals surface area contributed by atoms with Gasteiger partial charge in [0.15, 0.2) is 5.65 Å². The van der Waals surface area contributed by atoms with Crippen molar-refractivity contribution in [3.63, 3.8) is 0 Å². The van der Waals surface area contributed by atoms with Crippen LogP contribution in [0.2, 0.25) is 0 Å². The molecule has 6 rings (SSSR count). The maximum absolute atomic E-state index is 4.95. The van der Waals surface area contributed by atoms with Gasteiger partial charge >= 0.3 is 0 Å². The Morgan fingerprint density at radius 1 is 0.971 bits per heavy atom. The molecule has 1 aliphatic carbocycles. The van der Waals surface area contributed by atoms with Crippen LogP contribution in [0.15, 0.2) is 55.0 Å². The highest BCUT2D eigenvalue weighted by Gasteiger charge is 2.28. The Balaban J connectivity index is 1.21. The third-order valence-electron chi connectivity index (χ3n) is 6.78. The van der Waals surface area contributed by atoms with E-state index in [2.05, 4.69) is 43.1 Å². The van der Waals surface area contributed by atoms with Crippen molar-refractivity contribution in [3.05, 3.63) is 66.2 Å². The molecule has 2 fully saturated rings. The van der Waals surface area contributed by atoms with Crippen molar-refractivity contribution in [2.24, 2.45) is 5.92 Å². The van der Waals surface area contributed by atoms with E-state index in [1.54, 1.807) is 6.20 Å². The summed E-state index contributed by atoms with van der Waals surface area (Å²) >= 11 is 0. The molecule has 0 amide bonds. The van der Waals surface area contributed by atoms with Crippen LogP contribution in [0.25, 0.3) is 16.9 Å². The highest BCUT2D eigenvalue weighted by molar-refractivity contribution is 5.62. The van der Waals surface area contributed by atoms with Gasteiger partial charge in [0.2, 0.25) is 0 Å². The van der Waals surface area contributed by atoms with Crippen LogP contribution in [-0.2, 0) is 6.54 Å². The first-order valence-electron chi connectivity index (χ1n) is 12.3. The second-order valence-corrected chi connectivity index (χ2v) is 9.32. The molecule has 4 aromatic rings. The molecule has 5 heterocycles. The van der Waals surface area contributed by atoms with Crippen LogP contribution in [0, 0.1) is 5.92 Å². The average molecular weight is 455 g/mol. The maximum Gasteiger partial charge on any atom is 0.163 e. The molecule has 174 valence electrons. The third-order valence-corrected chi connectivity index (χ3v) is 6.78. The minimum atomic E-state index is 0.596. The van der Waals surface area contributed by atoms with E-state index in [1.807, 2.05) is 41.2 Å². The largest absolute Gasteiger partial charge is 0.370 e. The molecule has 0 atom stereocenters. The first kappa shape index (κ1) is 21.0. The third kappa shape index (κ3) is 4.59. The van der Waals surface area contributed by atoms with Gasteiger partial charge in [-0.15, -0.1) is 0 Å². The molecule has 2 aliphatic rings. The van der Waals surface area contributed by atoms with Gasteiger partial charge < -0.3 is 16.0 Å². The van der Waals surface area contributed by atoms with E-state index in [9.17, 15) is 0 Å². The predicted molar refractivity (Wildman–Crippen MR) is 134 cm³/mol. The van der Waals surface area contributed by atoms with Gasteiger partial charge in [0.25, 0.3) is 0 Å². The van der Waals surface area contributed by atoms with Crippen LogP contribution in [0.4, 0.5) is 11.6 Å². The summed E-state index contributed by atoms with van der Waals surface area (Å²) in [5.74, 6) is 3.12. The maximum atomic E-state index is 4.95. The lowest BCUT2D eigenvalue weighted by atomic mass is 9.98. The van der Waals surface area contributed by atoms with Crippen molar-refractivity contribution in [2.45, 2.75) is 38.1 Å². The van der Waals surface area contributed by atoms with Crippen LogP contribution in [0.5, 0.6) is 0 Å². The van der Waals surface area contributed by atoms with Gasteiger partial charge in [-0.1, -0.05) is 6.07 Å². The summed E-state index contributed by atoms with van der Waals surface area (Å²) < 4.78 is 1.94. The Morgan fingerprint density at radius 2 is 1.88 bits per heavy atom. The number of nitrogens with one attached hydrogen (secondary N) is 3. The number of rotatable bonds is 8. The molecule has 0 radical (unpaired) electrons. The number of pyridine rings is 2. The van der Waals surface area contributed by atoms with Gasteiger partial charge in [-0.25, -0.2) is 4.98 Å². The highest BCUT2D eigenvalue weighted by atomic mass is 15.3. The zero-order valence-corrected chi connectivity index (χ0v) is 19.2. The van der Waals surface area contributed by atoms with E-state index < -0.39 is 0 Å². The molecule has 4 aromatic heterocycles. The molecule has 3 N–H and O–H groups in total. The molecule has 1 saturated carbocycles. The minimum absolute atomic E-state index is 0.596. The standard InChI is InChI=1S/C26H30N8/c1-2-10-28-23(3-1)20-6-7-21(29-15-20)16-31-25-13-24(30-14-18-8-11-27-12-9-18)33-26-22(19-4-5-19)17-32-34(25)26/h1-3,6-7,10,13,15,17-19,27,31H,4-5,8-9,11-12,14,16H2,(H,30,33). The van der Waals surface area contributed by atoms with E-state index in [1.165, 1.54) is 31.2 Å². The van der Waals surface area contributed by atoms with Crippen LogP contribution in [-0.4, -0.2) is 44.2 Å². The van der Waals surface area contributed by atoms with Crippen molar-refractivity contribution in [1.82, 2.24) is 29.9 Å². The van der Waals surface area contributed by atoms with Crippen molar-refractivity contribution < 1.29 is 0 Å². The summed E-state index contributed by atoms with van der Waals surface area (Å²) in [5.41, 5.74) is 5.12. The first-order valence-corrected chi connectivity index (χ1v) is 12.3. The molecule has 0 bridgehead atoms. The van der Waals surface area contributed by atoms with Gasteiger partial charge in [-0.3, -0.25) is 9.97 Å². The molecular formula is C26H30N8. The molecule has 0 spiro atoms. The van der Waals surface area contributed by atoms with Gasteiger partial charge in [0, 0.05) is 36.1 Å². The molecule has 1 aliphatic heterocycles. The van der Waals surface area contributed by atoms with Crippen molar-refractivity contribution in [3.8, 4) is 11.3 Å². The molecule has 34 heavy (non-hydrogen) atoms. The van der Waals surface area contributed by atoms with Crippen LogP contribution in [0.1, 0.15) is 42.9 Å². The number of anilines is 2. The smallest absolute Gasteiger partial charge is 0.163 e. The fourth-order valence-electron chi connectivity index (χ4n) is 4.61. The van der Waals surface area contributed by atoms with Crippen LogP contribution >= 0.6 is 0 Å². The van der Waals surface area contributed by atoms with Crippen LogP contribution < -0.4 is 16.0 Å². The lowest BCUT2D eigenvalue weighted by Gasteiger charge is -2.23. The highest BCUT2D eigenvalue weighted by Crippen LogP contribution is 2.42. The number of fused-ring (bicyclic) bond motifs is 1. The molecule has 0 unspecified atom stereocenters. The van der Waals surface area contributed by atoms with Crippen molar-refractivity contribution >= 4 is 17.3 Å². The minimum Gasteiger partial charge on any atom is -0.370 e. The topological polar surface area (TPSA) is 92.1 Å². The fourth-order valence-corrected chi connectivity index (χ4v) is 4.61. The second-order valence-electron chi connectivity index (χ2n) is 9.32. The number of piperidine rings is 1. The zero-order chi connectivity index (χ0) is 22.7. The van der Waals surface area contributed by atoms with Gasteiger partial charge in [0.1, 0.15) is 11.6 Å².